The monoisotopic (exact) mass is 543 g/mol. The maximum atomic E-state index is 14.0. The molecule has 8 heteroatoms. The Balaban J connectivity index is 1.65. The SMILES string of the molecule is CC[C@H](C)[C@H](N)C(=O)N(C(=O)NCC1=CC=CCN1C)C(Cc1ccccc1)C1C=C(Cc2ccccc2)NO1. The summed E-state index contributed by atoms with van der Waals surface area (Å²) >= 11 is 0. The molecule has 0 aromatic heterocycles. The third kappa shape index (κ3) is 7.40. The average molecular weight is 544 g/mol. The van der Waals surface area contributed by atoms with Crippen LogP contribution in [0.25, 0.3) is 0 Å². The number of nitrogens with zero attached hydrogens (tertiary/aromatic N) is 2. The number of amides is 3. The fourth-order valence-electron chi connectivity index (χ4n) is 4.88. The second-order valence-corrected chi connectivity index (χ2v) is 10.5. The number of imide groups is 1. The molecule has 4 N–H and O–H groups in total. The van der Waals surface area contributed by atoms with Crippen LogP contribution in [0.4, 0.5) is 4.79 Å². The van der Waals surface area contributed by atoms with Gasteiger partial charge in [0.25, 0.3) is 0 Å². The molecule has 2 heterocycles. The van der Waals surface area contributed by atoms with Crippen LogP contribution in [0.5, 0.6) is 0 Å². The van der Waals surface area contributed by atoms with Crippen LogP contribution in [0, 0.1) is 5.92 Å². The summed E-state index contributed by atoms with van der Waals surface area (Å²) in [5, 5.41) is 2.99. The predicted molar refractivity (Wildman–Crippen MR) is 158 cm³/mol. The molecule has 0 aliphatic carbocycles. The molecule has 0 saturated heterocycles. The standard InChI is InChI=1S/C32H41N5O3/c1-4-23(2)30(33)31(38)37(32(39)34-22-27-17-11-12-18-36(27)3)28(20-25-15-9-6-10-16-25)29-21-26(35-40-29)19-24-13-7-5-8-14-24/h5-17,21,23,28-30,35H,4,18-20,22,33H2,1-3H3,(H,34,39)/t23-,28?,29?,30-/m0/s1. The van der Waals surface area contributed by atoms with Crippen molar-refractivity contribution < 1.29 is 14.4 Å². The molecule has 0 fully saturated rings. The van der Waals surface area contributed by atoms with Crippen LogP contribution in [0.15, 0.2) is 96.4 Å². The van der Waals surface area contributed by atoms with Crippen molar-refractivity contribution in [2.45, 2.75) is 51.3 Å². The van der Waals surface area contributed by atoms with Crippen molar-refractivity contribution in [2.24, 2.45) is 11.7 Å². The molecule has 2 unspecified atom stereocenters. The summed E-state index contributed by atoms with van der Waals surface area (Å²) in [6.45, 7) is 4.98. The molecule has 8 nitrogen and oxygen atoms in total. The third-order valence-corrected chi connectivity index (χ3v) is 7.64. The number of hydrogen-bond acceptors (Lipinski definition) is 6. The lowest BCUT2D eigenvalue weighted by molar-refractivity contribution is -0.135. The number of rotatable bonds is 11. The van der Waals surface area contributed by atoms with Crippen LogP contribution in [0.1, 0.15) is 31.4 Å². The van der Waals surface area contributed by atoms with E-state index in [4.69, 9.17) is 10.6 Å². The Bertz CT molecular complexity index is 1230. The Morgan fingerprint density at radius 3 is 2.45 bits per heavy atom. The molecule has 3 amide bonds. The highest BCUT2D eigenvalue weighted by molar-refractivity contribution is 5.97. The van der Waals surface area contributed by atoms with E-state index in [1.807, 2.05) is 93.7 Å². The van der Waals surface area contributed by atoms with Gasteiger partial charge in [-0.2, -0.15) is 0 Å². The minimum Gasteiger partial charge on any atom is -0.373 e. The first-order chi connectivity index (χ1) is 19.4. The van der Waals surface area contributed by atoms with E-state index in [0.717, 1.165) is 35.5 Å². The molecule has 0 saturated carbocycles. The first-order valence-corrected chi connectivity index (χ1v) is 14.0. The maximum absolute atomic E-state index is 14.0. The first kappa shape index (κ1) is 29.1. The van der Waals surface area contributed by atoms with Crippen molar-refractivity contribution in [2.75, 3.05) is 20.1 Å². The fourth-order valence-corrected chi connectivity index (χ4v) is 4.88. The molecule has 0 radical (unpaired) electrons. The smallest absolute Gasteiger partial charge is 0.324 e. The minimum absolute atomic E-state index is 0.0932. The van der Waals surface area contributed by atoms with Gasteiger partial charge in [0.05, 0.1) is 18.6 Å². The zero-order valence-corrected chi connectivity index (χ0v) is 23.6. The molecule has 0 bridgehead atoms. The molecule has 2 aromatic rings. The van der Waals surface area contributed by atoms with Crippen molar-refractivity contribution in [3.8, 4) is 0 Å². The lowest BCUT2D eigenvalue weighted by Crippen LogP contribution is -2.60. The van der Waals surface area contributed by atoms with Crippen molar-refractivity contribution >= 4 is 11.9 Å². The summed E-state index contributed by atoms with van der Waals surface area (Å²) in [7, 11) is 1.97. The van der Waals surface area contributed by atoms with Gasteiger partial charge in [-0.3, -0.25) is 20.0 Å². The molecule has 4 atom stereocenters. The normalized spacial score (nSPS) is 18.7. The number of carbonyl (C=O) groups excluding carboxylic acids is 2. The topological polar surface area (TPSA) is 99.9 Å². The number of urea groups is 1. The second-order valence-electron chi connectivity index (χ2n) is 10.5. The van der Waals surface area contributed by atoms with Gasteiger partial charge in [-0.05, 0) is 35.6 Å². The number of allylic oxidation sites excluding steroid dienone is 3. The van der Waals surface area contributed by atoms with E-state index < -0.39 is 30.1 Å². The van der Waals surface area contributed by atoms with Gasteiger partial charge < -0.3 is 16.0 Å². The Hall–Kier alpha value is -3.88. The molecule has 2 aliphatic rings. The van der Waals surface area contributed by atoms with Crippen LogP contribution in [0.2, 0.25) is 0 Å². The molecular weight excluding hydrogens is 502 g/mol. The molecule has 2 aromatic carbocycles. The lowest BCUT2D eigenvalue weighted by Gasteiger charge is -2.35. The molecular formula is C32H41N5O3. The van der Waals surface area contributed by atoms with Crippen LogP contribution < -0.4 is 16.5 Å². The van der Waals surface area contributed by atoms with Gasteiger partial charge >= 0.3 is 6.03 Å². The van der Waals surface area contributed by atoms with Crippen LogP contribution in [0.3, 0.4) is 0 Å². The summed E-state index contributed by atoms with van der Waals surface area (Å²) in [5.41, 5.74) is 13.5. The Labute approximate surface area is 237 Å². The highest BCUT2D eigenvalue weighted by atomic mass is 16.7. The van der Waals surface area contributed by atoms with E-state index in [1.165, 1.54) is 4.90 Å². The van der Waals surface area contributed by atoms with Gasteiger partial charge in [-0.1, -0.05) is 93.1 Å². The third-order valence-electron chi connectivity index (χ3n) is 7.64. The number of hydrogen-bond donors (Lipinski definition) is 3. The van der Waals surface area contributed by atoms with Crippen molar-refractivity contribution in [1.29, 1.82) is 0 Å². The van der Waals surface area contributed by atoms with Crippen molar-refractivity contribution in [3.05, 3.63) is 107 Å². The van der Waals surface area contributed by atoms with Crippen LogP contribution >= 0.6 is 0 Å². The summed E-state index contributed by atoms with van der Waals surface area (Å²) < 4.78 is 0. The number of likely N-dealkylation sites (N-methyl/N-ethyl adjacent to an activating group) is 1. The number of carbonyl (C=O) groups is 2. The summed E-state index contributed by atoms with van der Waals surface area (Å²) in [4.78, 5) is 37.3. The Kier molecular flexibility index (Phi) is 10.2. The molecule has 0 spiro atoms. The highest BCUT2D eigenvalue weighted by Gasteiger charge is 2.40. The van der Waals surface area contributed by atoms with E-state index in [9.17, 15) is 9.59 Å². The molecule has 212 valence electrons. The average Bonchev–Trinajstić information content (AvgIpc) is 3.44. The zero-order chi connectivity index (χ0) is 28.5. The number of hydroxylamine groups is 1. The second kappa shape index (κ2) is 14.0. The summed E-state index contributed by atoms with van der Waals surface area (Å²) in [5.74, 6) is -0.503. The zero-order valence-electron chi connectivity index (χ0n) is 23.6. The van der Waals surface area contributed by atoms with Gasteiger partial charge in [0, 0.05) is 31.4 Å². The van der Waals surface area contributed by atoms with Gasteiger partial charge in [-0.15, -0.1) is 0 Å². The Morgan fingerprint density at radius 2 is 1.80 bits per heavy atom. The minimum atomic E-state index is -0.823. The van der Waals surface area contributed by atoms with Crippen LogP contribution in [-0.2, 0) is 22.5 Å². The van der Waals surface area contributed by atoms with Gasteiger partial charge in [-0.25, -0.2) is 4.79 Å². The van der Waals surface area contributed by atoms with E-state index in [1.54, 1.807) is 0 Å². The van der Waals surface area contributed by atoms with Gasteiger partial charge in [0.2, 0.25) is 5.91 Å². The number of nitrogens with one attached hydrogen (secondary N) is 2. The van der Waals surface area contributed by atoms with Crippen LogP contribution in [-0.4, -0.2) is 60.1 Å². The molecule has 2 aliphatic heterocycles. The van der Waals surface area contributed by atoms with E-state index in [2.05, 4.69) is 27.8 Å². The highest BCUT2D eigenvalue weighted by Crippen LogP contribution is 2.24. The van der Waals surface area contributed by atoms with E-state index in [0.29, 0.717) is 19.4 Å². The van der Waals surface area contributed by atoms with E-state index in [-0.39, 0.29) is 5.92 Å². The van der Waals surface area contributed by atoms with E-state index >= 15 is 0 Å². The Morgan fingerprint density at radius 1 is 1.12 bits per heavy atom. The number of nitrogens with two attached hydrogens (primary N) is 1. The molecule has 4 rings (SSSR count). The summed E-state index contributed by atoms with van der Waals surface area (Å²) in [6.07, 6.45) is 9.19. The molecule has 40 heavy (non-hydrogen) atoms. The maximum Gasteiger partial charge on any atom is 0.324 e. The lowest BCUT2D eigenvalue weighted by atomic mass is 9.95. The van der Waals surface area contributed by atoms with Gasteiger partial charge in [0.1, 0.15) is 6.10 Å². The first-order valence-electron chi connectivity index (χ1n) is 14.0. The fraction of sp³-hybridized carbons (Fsp3) is 0.375. The van der Waals surface area contributed by atoms with Gasteiger partial charge in [0.15, 0.2) is 0 Å². The quantitative estimate of drug-likeness (QED) is 0.397. The summed E-state index contributed by atoms with van der Waals surface area (Å²) in [6, 6.07) is 18.0. The number of benzene rings is 2. The van der Waals surface area contributed by atoms with Crippen molar-refractivity contribution in [1.82, 2.24) is 20.6 Å². The largest absolute Gasteiger partial charge is 0.373 e. The van der Waals surface area contributed by atoms with Crippen molar-refractivity contribution in [3.63, 3.8) is 0 Å². The predicted octanol–water partition coefficient (Wildman–Crippen LogP) is 3.92.